The predicted octanol–water partition coefficient (Wildman–Crippen LogP) is 3.90. The van der Waals surface area contributed by atoms with Crippen LogP contribution in [0, 0.1) is 0 Å². The van der Waals surface area contributed by atoms with Crippen LogP contribution in [0.3, 0.4) is 0 Å². The van der Waals surface area contributed by atoms with Gasteiger partial charge in [-0.05, 0) is 44.3 Å². The van der Waals surface area contributed by atoms with Gasteiger partial charge in [-0.25, -0.2) is 9.97 Å². The molecule has 7 heteroatoms. The monoisotopic (exact) mass is 400 g/mol. The van der Waals surface area contributed by atoms with Crippen molar-refractivity contribution < 1.29 is 4.74 Å². The number of ether oxygens (including phenoxy) is 1. The number of nitrogens with zero attached hydrogens (tertiary/aromatic N) is 2. The topological polar surface area (TPSA) is 73.1 Å². The molecule has 0 saturated heterocycles. The Labute approximate surface area is 134 Å². The summed E-state index contributed by atoms with van der Waals surface area (Å²) < 4.78 is 7.06. The summed E-state index contributed by atoms with van der Waals surface area (Å²) in [6.07, 6.45) is 2.20. The van der Waals surface area contributed by atoms with Crippen LogP contribution in [0.25, 0.3) is 0 Å². The van der Waals surface area contributed by atoms with Crippen molar-refractivity contribution in [1.82, 2.24) is 9.97 Å². The molecular formula is C13H14Br2N4O. The van der Waals surface area contributed by atoms with E-state index in [1.165, 1.54) is 6.33 Å². The van der Waals surface area contributed by atoms with Crippen molar-refractivity contribution in [1.29, 1.82) is 0 Å². The van der Waals surface area contributed by atoms with Gasteiger partial charge in [0.2, 0.25) is 0 Å². The zero-order chi connectivity index (χ0) is 14.7. The van der Waals surface area contributed by atoms with Crippen molar-refractivity contribution in [2.24, 2.45) is 0 Å². The van der Waals surface area contributed by atoms with Gasteiger partial charge in [-0.2, -0.15) is 0 Å². The third-order valence-electron chi connectivity index (χ3n) is 2.83. The van der Waals surface area contributed by atoms with Gasteiger partial charge in [0.25, 0.3) is 0 Å². The van der Waals surface area contributed by atoms with Crippen LogP contribution in [0.4, 0.5) is 17.3 Å². The number of benzene rings is 1. The fourth-order valence-electron chi connectivity index (χ4n) is 1.79. The quantitative estimate of drug-likeness (QED) is 0.812. The number of nitrogens with two attached hydrogens (primary N) is 1. The molecule has 0 radical (unpaired) electrons. The fraction of sp³-hybridized carbons (Fsp3) is 0.231. The highest BCUT2D eigenvalue weighted by Crippen LogP contribution is 2.36. The first-order valence-electron chi connectivity index (χ1n) is 5.96. The van der Waals surface area contributed by atoms with Crippen molar-refractivity contribution in [3.63, 3.8) is 0 Å². The second-order valence-electron chi connectivity index (χ2n) is 4.03. The van der Waals surface area contributed by atoms with E-state index in [0.29, 0.717) is 11.6 Å². The van der Waals surface area contributed by atoms with E-state index in [9.17, 15) is 0 Å². The molecule has 2 aromatic rings. The minimum absolute atomic E-state index is 0.491. The lowest BCUT2D eigenvalue weighted by atomic mass is 10.2. The summed E-state index contributed by atoms with van der Waals surface area (Å²) in [4.78, 5) is 8.25. The van der Waals surface area contributed by atoms with E-state index in [1.807, 2.05) is 19.1 Å². The standard InChI is InChI=1S/C13H14Br2N4O/c1-3-7-12(16)17-6-18-13(7)19-10-5-11(20-2)9(15)4-8(10)14/h4-6H,3H2,1-2H3,(H3,16,17,18,19). The van der Waals surface area contributed by atoms with E-state index >= 15 is 0 Å². The van der Waals surface area contributed by atoms with Crippen LogP contribution in [0.1, 0.15) is 12.5 Å². The van der Waals surface area contributed by atoms with Crippen molar-refractivity contribution in [3.05, 3.63) is 33.0 Å². The molecule has 0 amide bonds. The first-order valence-corrected chi connectivity index (χ1v) is 7.54. The average molecular weight is 402 g/mol. The molecule has 2 rings (SSSR count). The molecule has 0 unspecified atom stereocenters. The van der Waals surface area contributed by atoms with Gasteiger partial charge in [0.05, 0.1) is 17.3 Å². The summed E-state index contributed by atoms with van der Waals surface area (Å²) in [7, 11) is 1.62. The minimum atomic E-state index is 0.491. The Hall–Kier alpha value is -1.34. The van der Waals surface area contributed by atoms with Crippen LogP contribution in [-0.2, 0) is 6.42 Å². The van der Waals surface area contributed by atoms with Gasteiger partial charge in [0.1, 0.15) is 23.7 Å². The maximum atomic E-state index is 5.87. The average Bonchev–Trinajstić information content (AvgIpc) is 2.42. The molecule has 106 valence electrons. The molecule has 3 N–H and O–H groups in total. The molecule has 0 bridgehead atoms. The summed E-state index contributed by atoms with van der Waals surface area (Å²) in [5, 5.41) is 3.26. The van der Waals surface area contributed by atoms with E-state index < -0.39 is 0 Å². The highest BCUT2D eigenvalue weighted by molar-refractivity contribution is 9.11. The minimum Gasteiger partial charge on any atom is -0.495 e. The molecule has 0 saturated carbocycles. The van der Waals surface area contributed by atoms with Crippen LogP contribution in [0.15, 0.2) is 27.4 Å². The van der Waals surface area contributed by atoms with Crippen molar-refractivity contribution >= 4 is 49.2 Å². The number of hydrogen-bond acceptors (Lipinski definition) is 5. The van der Waals surface area contributed by atoms with Gasteiger partial charge in [0.15, 0.2) is 0 Å². The lowest BCUT2D eigenvalue weighted by molar-refractivity contribution is 0.412. The Morgan fingerprint density at radius 3 is 2.65 bits per heavy atom. The maximum Gasteiger partial charge on any atom is 0.139 e. The van der Waals surface area contributed by atoms with Gasteiger partial charge in [-0.1, -0.05) is 6.92 Å². The summed E-state index contributed by atoms with van der Waals surface area (Å²) in [6.45, 7) is 2.01. The number of nitrogens with one attached hydrogen (secondary N) is 1. The summed E-state index contributed by atoms with van der Waals surface area (Å²) in [6, 6.07) is 3.79. The van der Waals surface area contributed by atoms with E-state index in [4.69, 9.17) is 10.5 Å². The Balaban J connectivity index is 2.42. The molecule has 0 aliphatic heterocycles. The van der Waals surface area contributed by atoms with Crippen molar-refractivity contribution in [2.75, 3.05) is 18.2 Å². The third kappa shape index (κ3) is 3.04. The van der Waals surface area contributed by atoms with E-state index in [1.54, 1.807) is 7.11 Å². The third-order valence-corrected chi connectivity index (χ3v) is 4.10. The SMILES string of the molecule is CCc1c(N)ncnc1Nc1cc(OC)c(Br)cc1Br. The number of rotatable bonds is 4. The summed E-state index contributed by atoms with van der Waals surface area (Å²) in [5.74, 6) is 1.92. The Morgan fingerprint density at radius 1 is 1.25 bits per heavy atom. The number of halogens is 2. The van der Waals surface area contributed by atoms with Crippen LogP contribution in [0.5, 0.6) is 5.75 Å². The smallest absolute Gasteiger partial charge is 0.139 e. The normalized spacial score (nSPS) is 10.4. The zero-order valence-corrected chi connectivity index (χ0v) is 14.2. The molecule has 1 aromatic carbocycles. The van der Waals surface area contributed by atoms with Gasteiger partial charge >= 0.3 is 0 Å². The predicted molar refractivity (Wildman–Crippen MR) is 87.5 cm³/mol. The summed E-state index contributed by atoms with van der Waals surface area (Å²) >= 11 is 6.95. The molecule has 0 fully saturated rings. The van der Waals surface area contributed by atoms with Gasteiger partial charge in [0, 0.05) is 16.1 Å². The van der Waals surface area contributed by atoms with Crippen LogP contribution in [-0.4, -0.2) is 17.1 Å². The number of methoxy groups -OCH3 is 1. The van der Waals surface area contributed by atoms with Gasteiger partial charge in [-0.15, -0.1) is 0 Å². The number of hydrogen-bond donors (Lipinski definition) is 2. The summed E-state index contributed by atoms with van der Waals surface area (Å²) in [5.41, 5.74) is 7.60. The zero-order valence-electron chi connectivity index (χ0n) is 11.1. The van der Waals surface area contributed by atoms with Crippen molar-refractivity contribution in [3.8, 4) is 5.75 Å². The molecule has 5 nitrogen and oxygen atoms in total. The Bertz CT molecular complexity index is 634. The molecule has 0 aliphatic carbocycles. The first-order chi connectivity index (χ1) is 9.56. The van der Waals surface area contributed by atoms with Crippen molar-refractivity contribution in [2.45, 2.75) is 13.3 Å². The molecule has 1 heterocycles. The Morgan fingerprint density at radius 2 is 2.00 bits per heavy atom. The molecule has 0 aliphatic rings. The maximum absolute atomic E-state index is 5.87. The largest absolute Gasteiger partial charge is 0.495 e. The number of nitrogen functional groups attached to an aromatic ring is 1. The highest BCUT2D eigenvalue weighted by Gasteiger charge is 2.11. The molecule has 1 aromatic heterocycles. The molecular weight excluding hydrogens is 388 g/mol. The van der Waals surface area contributed by atoms with E-state index in [-0.39, 0.29) is 0 Å². The molecule has 20 heavy (non-hydrogen) atoms. The van der Waals surface area contributed by atoms with Crippen LogP contribution >= 0.6 is 31.9 Å². The number of anilines is 3. The van der Waals surface area contributed by atoms with Crippen LogP contribution in [0.2, 0.25) is 0 Å². The van der Waals surface area contributed by atoms with Gasteiger partial charge in [-0.3, -0.25) is 0 Å². The van der Waals surface area contributed by atoms with E-state index in [0.717, 1.165) is 32.4 Å². The lowest BCUT2D eigenvalue weighted by Crippen LogP contribution is -2.05. The number of aromatic nitrogens is 2. The van der Waals surface area contributed by atoms with E-state index in [2.05, 4.69) is 47.1 Å². The fourth-order valence-corrected chi connectivity index (χ4v) is 3.05. The van der Waals surface area contributed by atoms with Crippen LogP contribution < -0.4 is 15.8 Å². The molecule has 0 atom stereocenters. The lowest BCUT2D eigenvalue weighted by Gasteiger charge is -2.14. The highest BCUT2D eigenvalue weighted by atomic mass is 79.9. The first kappa shape index (κ1) is 15.1. The second kappa shape index (κ2) is 6.41. The van der Waals surface area contributed by atoms with Gasteiger partial charge < -0.3 is 15.8 Å². The molecule has 0 spiro atoms. The Kier molecular flexibility index (Phi) is 4.82. The second-order valence-corrected chi connectivity index (χ2v) is 5.74.